The van der Waals surface area contributed by atoms with Crippen LogP contribution < -0.4 is 10.1 Å². The summed E-state index contributed by atoms with van der Waals surface area (Å²) in [5, 5.41) is 13.0. The fraction of sp³-hybridized carbons (Fsp3) is 0.625. The Balaban J connectivity index is 2.20. The molecule has 1 aromatic carbocycles. The zero-order chi connectivity index (χ0) is 15.7. The number of ether oxygens (including phenoxy) is 2. The Bertz CT molecular complexity index is 413. The molecule has 0 saturated heterocycles. The Morgan fingerprint density at radius 1 is 1.33 bits per heavy atom. The Hall–Kier alpha value is -0.780. The second-order valence-corrected chi connectivity index (χ2v) is 6.35. The van der Waals surface area contributed by atoms with E-state index in [2.05, 4.69) is 35.1 Å². The van der Waals surface area contributed by atoms with Crippen molar-refractivity contribution in [3.63, 3.8) is 0 Å². The van der Waals surface area contributed by atoms with Crippen LogP contribution in [0.5, 0.6) is 5.75 Å². The monoisotopic (exact) mass is 359 g/mol. The summed E-state index contributed by atoms with van der Waals surface area (Å²) in [7, 11) is 1.63. The van der Waals surface area contributed by atoms with Gasteiger partial charge in [-0.15, -0.1) is 0 Å². The third-order valence-corrected chi connectivity index (χ3v) is 3.69. The van der Waals surface area contributed by atoms with Crippen LogP contribution in [-0.4, -0.2) is 38.1 Å². The van der Waals surface area contributed by atoms with E-state index in [-0.39, 0.29) is 0 Å². The van der Waals surface area contributed by atoms with Crippen molar-refractivity contribution in [1.82, 2.24) is 0 Å². The van der Waals surface area contributed by atoms with Crippen LogP contribution >= 0.6 is 15.9 Å². The van der Waals surface area contributed by atoms with Gasteiger partial charge in [0.25, 0.3) is 0 Å². The highest BCUT2D eigenvalue weighted by Crippen LogP contribution is 2.27. The molecule has 1 atom stereocenters. The Morgan fingerprint density at radius 2 is 2.10 bits per heavy atom. The van der Waals surface area contributed by atoms with Gasteiger partial charge in [-0.25, -0.2) is 0 Å². The molecular formula is C16H26BrNO3. The normalized spacial score (nSPS) is 12.5. The van der Waals surface area contributed by atoms with Crippen LogP contribution in [0.1, 0.15) is 26.7 Å². The maximum atomic E-state index is 9.87. The Morgan fingerprint density at radius 3 is 2.71 bits per heavy atom. The average molecular weight is 360 g/mol. The summed E-state index contributed by atoms with van der Waals surface area (Å²) in [6.45, 7) is 5.94. The number of rotatable bonds is 10. The molecule has 1 aromatic rings. The second-order valence-electron chi connectivity index (χ2n) is 5.50. The van der Waals surface area contributed by atoms with Gasteiger partial charge < -0.3 is 19.9 Å². The summed E-state index contributed by atoms with van der Waals surface area (Å²) in [6, 6.07) is 5.72. The minimum absolute atomic E-state index is 0.364. The van der Waals surface area contributed by atoms with Crippen LogP contribution in [-0.2, 0) is 4.74 Å². The lowest BCUT2D eigenvalue weighted by molar-refractivity contribution is 0.0409. The molecule has 0 aromatic heterocycles. The Kier molecular flexibility index (Phi) is 8.73. The van der Waals surface area contributed by atoms with E-state index in [1.807, 2.05) is 18.2 Å². The number of methoxy groups -OCH3 is 1. The van der Waals surface area contributed by atoms with Crippen LogP contribution in [0.4, 0.5) is 5.69 Å². The molecule has 2 N–H and O–H groups in total. The number of hydrogen-bond acceptors (Lipinski definition) is 4. The van der Waals surface area contributed by atoms with Gasteiger partial charge in [0.15, 0.2) is 0 Å². The molecule has 0 aliphatic carbocycles. The maximum Gasteiger partial charge on any atom is 0.133 e. The van der Waals surface area contributed by atoms with Crippen molar-refractivity contribution < 1.29 is 14.6 Å². The predicted octanol–water partition coefficient (Wildman–Crippen LogP) is 3.68. The fourth-order valence-electron chi connectivity index (χ4n) is 1.88. The summed E-state index contributed by atoms with van der Waals surface area (Å²) in [5.74, 6) is 1.49. The molecule has 0 radical (unpaired) electrons. The molecule has 0 fully saturated rings. The number of benzene rings is 1. The van der Waals surface area contributed by atoms with Gasteiger partial charge in [-0.1, -0.05) is 13.8 Å². The molecule has 0 aliphatic heterocycles. The summed E-state index contributed by atoms with van der Waals surface area (Å²) < 4.78 is 11.5. The summed E-state index contributed by atoms with van der Waals surface area (Å²) in [6.07, 6.45) is 1.70. The van der Waals surface area contributed by atoms with Crippen molar-refractivity contribution in [2.45, 2.75) is 32.8 Å². The number of nitrogens with one attached hydrogen (secondary N) is 1. The lowest BCUT2D eigenvalue weighted by Crippen LogP contribution is -2.25. The van der Waals surface area contributed by atoms with Crippen molar-refractivity contribution in [2.75, 3.05) is 32.2 Å². The molecule has 0 saturated carbocycles. The first kappa shape index (κ1) is 18.3. The molecule has 0 heterocycles. The molecule has 0 spiro atoms. The SMILES string of the molecule is COc1ccc(NCC(O)COCCCC(C)C)cc1Br. The smallest absolute Gasteiger partial charge is 0.133 e. The second kappa shape index (κ2) is 10.0. The average Bonchev–Trinajstić information content (AvgIpc) is 2.44. The summed E-state index contributed by atoms with van der Waals surface area (Å²) >= 11 is 3.43. The van der Waals surface area contributed by atoms with Crippen LogP contribution in [0.15, 0.2) is 22.7 Å². The zero-order valence-electron chi connectivity index (χ0n) is 13.1. The molecule has 1 unspecified atom stereocenters. The van der Waals surface area contributed by atoms with E-state index < -0.39 is 6.10 Å². The molecule has 0 bridgehead atoms. The van der Waals surface area contributed by atoms with Crippen LogP contribution in [0.2, 0.25) is 0 Å². The topological polar surface area (TPSA) is 50.7 Å². The molecule has 4 nitrogen and oxygen atoms in total. The van der Waals surface area contributed by atoms with E-state index in [0.29, 0.717) is 25.7 Å². The number of halogens is 1. The lowest BCUT2D eigenvalue weighted by atomic mass is 10.1. The Labute approximate surface area is 136 Å². The number of anilines is 1. The van der Waals surface area contributed by atoms with E-state index in [1.54, 1.807) is 7.11 Å². The number of aliphatic hydroxyl groups excluding tert-OH is 1. The van der Waals surface area contributed by atoms with Gasteiger partial charge >= 0.3 is 0 Å². The number of aliphatic hydroxyl groups is 1. The van der Waals surface area contributed by atoms with Gasteiger partial charge in [0, 0.05) is 18.8 Å². The van der Waals surface area contributed by atoms with E-state index in [9.17, 15) is 5.11 Å². The van der Waals surface area contributed by atoms with E-state index >= 15 is 0 Å². The fourth-order valence-corrected chi connectivity index (χ4v) is 2.42. The predicted molar refractivity (Wildman–Crippen MR) is 90.1 cm³/mol. The first-order valence-electron chi connectivity index (χ1n) is 7.36. The van der Waals surface area contributed by atoms with Crippen LogP contribution in [0, 0.1) is 5.92 Å². The third kappa shape index (κ3) is 7.69. The summed E-state index contributed by atoms with van der Waals surface area (Å²) in [4.78, 5) is 0. The molecular weight excluding hydrogens is 334 g/mol. The van der Waals surface area contributed by atoms with Crippen LogP contribution in [0.25, 0.3) is 0 Å². The molecule has 21 heavy (non-hydrogen) atoms. The minimum Gasteiger partial charge on any atom is -0.496 e. The molecule has 120 valence electrons. The zero-order valence-corrected chi connectivity index (χ0v) is 14.6. The summed E-state index contributed by atoms with van der Waals surface area (Å²) in [5.41, 5.74) is 0.932. The molecule has 0 amide bonds. The molecule has 1 rings (SSSR count). The largest absolute Gasteiger partial charge is 0.496 e. The highest BCUT2D eigenvalue weighted by molar-refractivity contribution is 9.10. The van der Waals surface area contributed by atoms with Gasteiger partial charge in [-0.05, 0) is 52.9 Å². The standard InChI is InChI=1S/C16H26BrNO3/c1-12(2)5-4-8-21-11-14(19)10-18-13-6-7-16(20-3)15(17)9-13/h6-7,9,12,14,18-19H,4-5,8,10-11H2,1-3H3. The molecule has 5 heteroatoms. The lowest BCUT2D eigenvalue weighted by Gasteiger charge is -2.14. The first-order valence-corrected chi connectivity index (χ1v) is 8.15. The first-order chi connectivity index (χ1) is 10.0. The van der Waals surface area contributed by atoms with Crippen molar-refractivity contribution in [3.05, 3.63) is 22.7 Å². The van der Waals surface area contributed by atoms with E-state index in [0.717, 1.165) is 28.8 Å². The minimum atomic E-state index is -0.509. The highest BCUT2D eigenvalue weighted by atomic mass is 79.9. The van der Waals surface area contributed by atoms with Crippen LogP contribution in [0.3, 0.4) is 0 Å². The third-order valence-electron chi connectivity index (χ3n) is 3.07. The maximum absolute atomic E-state index is 9.87. The van der Waals surface area contributed by atoms with Crippen molar-refractivity contribution in [2.24, 2.45) is 5.92 Å². The molecule has 0 aliphatic rings. The van der Waals surface area contributed by atoms with Crippen molar-refractivity contribution >= 4 is 21.6 Å². The van der Waals surface area contributed by atoms with Gasteiger partial charge in [0.05, 0.1) is 24.3 Å². The van der Waals surface area contributed by atoms with Gasteiger partial charge in [0.2, 0.25) is 0 Å². The highest BCUT2D eigenvalue weighted by Gasteiger charge is 2.06. The van der Waals surface area contributed by atoms with Crippen molar-refractivity contribution in [1.29, 1.82) is 0 Å². The van der Waals surface area contributed by atoms with E-state index in [1.165, 1.54) is 0 Å². The number of hydrogen-bond donors (Lipinski definition) is 2. The van der Waals surface area contributed by atoms with Gasteiger partial charge in [-0.2, -0.15) is 0 Å². The van der Waals surface area contributed by atoms with E-state index in [4.69, 9.17) is 9.47 Å². The van der Waals surface area contributed by atoms with Crippen molar-refractivity contribution in [3.8, 4) is 5.75 Å². The quantitative estimate of drug-likeness (QED) is 0.625. The van der Waals surface area contributed by atoms with Gasteiger partial charge in [-0.3, -0.25) is 0 Å². The van der Waals surface area contributed by atoms with Gasteiger partial charge in [0.1, 0.15) is 5.75 Å².